The zero-order chi connectivity index (χ0) is 14.1. The SMILES string of the molecule is O=C(O)[C@@H]1Cc2ccccc2N1C(=O)c1ccnnc1. The highest BCUT2D eigenvalue weighted by molar-refractivity contribution is 6.10. The van der Waals surface area contributed by atoms with E-state index in [-0.39, 0.29) is 5.91 Å². The highest BCUT2D eigenvalue weighted by Gasteiger charge is 2.38. The van der Waals surface area contributed by atoms with Gasteiger partial charge in [0.15, 0.2) is 0 Å². The molecule has 2 heterocycles. The quantitative estimate of drug-likeness (QED) is 0.883. The molecule has 1 atom stereocenters. The Morgan fingerprint density at radius 2 is 2.00 bits per heavy atom. The molecule has 1 aliphatic heterocycles. The van der Waals surface area contributed by atoms with Crippen LogP contribution in [-0.2, 0) is 11.2 Å². The average molecular weight is 269 g/mol. The summed E-state index contributed by atoms with van der Waals surface area (Å²) in [5.74, 6) is -1.39. The lowest BCUT2D eigenvalue weighted by atomic mass is 10.1. The van der Waals surface area contributed by atoms with E-state index in [0.717, 1.165) is 5.56 Å². The summed E-state index contributed by atoms with van der Waals surface area (Å²) >= 11 is 0. The predicted octanol–water partition coefficient (Wildman–Crippen LogP) is 1.13. The summed E-state index contributed by atoms with van der Waals surface area (Å²) in [6, 6.07) is 7.85. The third kappa shape index (κ3) is 1.91. The van der Waals surface area contributed by atoms with Crippen LogP contribution in [0.1, 0.15) is 15.9 Å². The van der Waals surface area contributed by atoms with Gasteiger partial charge in [0.05, 0.1) is 18.0 Å². The standard InChI is InChI=1S/C14H11N3O3/c18-13(10-5-6-15-16-8-10)17-11-4-2-1-3-9(11)7-12(17)14(19)20/h1-6,8,12H,7H2,(H,19,20)/t12-/m0/s1. The van der Waals surface area contributed by atoms with Gasteiger partial charge in [-0.2, -0.15) is 10.2 Å². The first-order chi connectivity index (χ1) is 9.68. The first kappa shape index (κ1) is 12.3. The highest BCUT2D eigenvalue weighted by atomic mass is 16.4. The molecule has 1 aromatic carbocycles. The number of carbonyl (C=O) groups is 2. The first-order valence-electron chi connectivity index (χ1n) is 6.09. The van der Waals surface area contributed by atoms with Crippen molar-refractivity contribution in [3.8, 4) is 0 Å². The maximum Gasteiger partial charge on any atom is 0.327 e. The Morgan fingerprint density at radius 3 is 2.70 bits per heavy atom. The summed E-state index contributed by atoms with van der Waals surface area (Å²) in [6.07, 6.45) is 3.06. The summed E-state index contributed by atoms with van der Waals surface area (Å²) < 4.78 is 0. The van der Waals surface area contributed by atoms with Crippen LogP contribution in [0.25, 0.3) is 0 Å². The molecule has 6 nitrogen and oxygen atoms in total. The highest BCUT2D eigenvalue weighted by Crippen LogP contribution is 2.33. The molecule has 0 saturated heterocycles. The van der Waals surface area contributed by atoms with E-state index >= 15 is 0 Å². The van der Waals surface area contributed by atoms with E-state index in [1.165, 1.54) is 23.4 Å². The van der Waals surface area contributed by atoms with Crippen LogP contribution in [0.5, 0.6) is 0 Å². The molecule has 20 heavy (non-hydrogen) atoms. The van der Waals surface area contributed by atoms with Gasteiger partial charge in [-0.15, -0.1) is 0 Å². The molecule has 0 saturated carbocycles. The number of aliphatic carboxylic acids is 1. The summed E-state index contributed by atoms with van der Waals surface area (Å²) in [5, 5.41) is 16.6. The third-order valence-electron chi connectivity index (χ3n) is 3.31. The van der Waals surface area contributed by atoms with Crippen molar-refractivity contribution in [3.05, 3.63) is 53.9 Å². The number of carboxylic acid groups (broad SMARTS) is 1. The van der Waals surface area contributed by atoms with E-state index in [0.29, 0.717) is 17.7 Å². The van der Waals surface area contributed by atoms with Gasteiger partial charge in [-0.3, -0.25) is 9.69 Å². The lowest BCUT2D eigenvalue weighted by molar-refractivity contribution is -0.138. The Balaban J connectivity index is 2.05. The van der Waals surface area contributed by atoms with E-state index in [2.05, 4.69) is 10.2 Å². The fourth-order valence-corrected chi connectivity index (χ4v) is 2.39. The molecule has 1 aromatic heterocycles. The number of amides is 1. The number of fused-ring (bicyclic) bond motifs is 1. The smallest absolute Gasteiger partial charge is 0.327 e. The molecule has 0 unspecified atom stereocenters. The van der Waals surface area contributed by atoms with Gasteiger partial charge in [-0.05, 0) is 17.7 Å². The number of hydrogen-bond donors (Lipinski definition) is 1. The molecule has 1 N–H and O–H groups in total. The van der Waals surface area contributed by atoms with Gasteiger partial charge in [-0.25, -0.2) is 4.79 Å². The summed E-state index contributed by atoms with van der Waals surface area (Å²) in [4.78, 5) is 25.2. The van der Waals surface area contributed by atoms with Crippen molar-refractivity contribution in [2.24, 2.45) is 0 Å². The predicted molar refractivity (Wildman–Crippen MR) is 70.4 cm³/mol. The number of nitrogens with zero attached hydrogens (tertiary/aromatic N) is 3. The maximum atomic E-state index is 12.5. The zero-order valence-electron chi connectivity index (χ0n) is 10.4. The van der Waals surface area contributed by atoms with Gasteiger partial charge in [-0.1, -0.05) is 18.2 Å². The van der Waals surface area contributed by atoms with Crippen molar-refractivity contribution >= 4 is 17.6 Å². The molecule has 0 fully saturated rings. The topological polar surface area (TPSA) is 83.4 Å². The Bertz CT molecular complexity index is 672. The van der Waals surface area contributed by atoms with Crippen LogP contribution >= 0.6 is 0 Å². The minimum atomic E-state index is -1.02. The molecule has 0 spiro atoms. The minimum Gasteiger partial charge on any atom is -0.480 e. The van der Waals surface area contributed by atoms with Crippen LogP contribution in [0.4, 0.5) is 5.69 Å². The number of anilines is 1. The number of carboxylic acids is 1. The Labute approximate surface area is 114 Å². The largest absolute Gasteiger partial charge is 0.480 e. The van der Waals surface area contributed by atoms with Crippen LogP contribution in [0.15, 0.2) is 42.7 Å². The number of para-hydroxylation sites is 1. The number of rotatable bonds is 2. The third-order valence-corrected chi connectivity index (χ3v) is 3.31. The molecule has 3 rings (SSSR count). The Morgan fingerprint density at radius 1 is 1.20 bits per heavy atom. The molecular formula is C14H11N3O3. The van der Waals surface area contributed by atoms with Crippen molar-refractivity contribution in [2.45, 2.75) is 12.5 Å². The Hall–Kier alpha value is -2.76. The van der Waals surface area contributed by atoms with Gasteiger partial charge in [0, 0.05) is 12.1 Å². The van der Waals surface area contributed by atoms with Crippen molar-refractivity contribution < 1.29 is 14.7 Å². The lowest BCUT2D eigenvalue weighted by Crippen LogP contribution is -2.42. The van der Waals surface area contributed by atoms with E-state index in [9.17, 15) is 14.7 Å². The van der Waals surface area contributed by atoms with Crippen LogP contribution in [0, 0.1) is 0 Å². The first-order valence-corrected chi connectivity index (χ1v) is 6.09. The zero-order valence-corrected chi connectivity index (χ0v) is 10.4. The maximum absolute atomic E-state index is 12.5. The normalized spacial score (nSPS) is 16.8. The van der Waals surface area contributed by atoms with Crippen molar-refractivity contribution in [1.82, 2.24) is 10.2 Å². The van der Waals surface area contributed by atoms with Gasteiger partial charge in [0.2, 0.25) is 0 Å². The number of aromatic nitrogens is 2. The van der Waals surface area contributed by atoms with Gasteiger partial charge < -0.3 is 5.11 Å². The van der Waals surface area contributed by atoms with Crippen LogP contribution in [0.2, 0.25) is 0 Å². The molecule has 1 amide bonds. The molecule has 0 bridgehead atoms. The molecule has 6 heteroatoms. The fourth-order valence-electron chi connectivity index (χ4n) is 2.39. The van der Waals surface area contributed by atoms with Crippen LogP contribution in [0.3, 0.4) is 0 Å². The van der Waals surface area contributed by atoms with Crippen LogP contribution in [-0.4, -0.2) is 33.2 Å². The minimum absolute atomic E-state index is 0.315. The summed E-state index contributed by atoms with van der Waals surface area (Å²) in [7, 11) is 0. The molecular weight excluding hydrogens is 258 g/mol. The second-order valence-corrected chi connectivity index (χ2v) is 4.49. The van der Waals surface area contributed by atoms with Gasteiger partial charge >= 0.3 is 5.97 Å². The Kier molecular flexibility index (Phi) is 2.90. The second kappa shape index (κ2) is 4.73. The van der Waals surface area contributed by atoms with E-state index in [1.54, 1.807) is 12.1 Å². The monoisotopic (exact) mass is 269 g/mol. The van der Waals surface area contributed by atoms with Crippen molar-refractivity contribution in [2.75, 3.05) is 4.90 Å². The molecule has 2 aromatic rings. The average Bonchev–Trinajstić information content (AvgIpc) is 2.87. The van der Waals surface area contributed by atoms with Gasteiger partial charge in [0.1, 0.15) is 6.04 Å². The molecule has 0 radical (unpaired) electrons. The fraction of sp³-hybridized carbons (Fsp3) is 0.143. The second-order valence-electron chi connectivity index (χ2n) is 4.49. The van der Waals surface area contributed by atoms with Crippen LogP contribution < -0.4 is 4.90 Å². The van der Waals surface area contributed by atoms with E-state index in [1.807, 2.05) is 12.1 Å². The molecule has 0 aliphatic carbocycles. The van der Waals surface area contributed by atoms with Crippen molar-refractivity contribution in [1.29, 1.82) is 0 Å². The lowest BCUT2D eigenvalue weighted by Gasteiger charge is -2.22. The van der Waals surface area contributed by atoms with Gasteiger partial charge in [0.25, 0.3) is 5.91 Å². The summed E-state index contributed by atoms with van der Waals surface area (Å²) in [5.41, 5.74) is 1.82. The van der Waals surface area contributed by atoms with E-state index in [4.69, 9.17) is 0 Å². The number of benzene rings is 1. The van der Waals surface area contributed by atoms with E-state index < -0.39 is 12.0 Å². The number of carbonyl (C=O) groups excluding carboxylic acids is 1. The number of hydrogen-bond acceptors (Lipinski definition) is 4. The van der Waals surface area contributed by atoms with Crippen molar-refractivity contribution in [3.63, 3.8) is 0 Å². The summed E-state index contributed by atoms with van der Waals surface area (Å²) in [6.45, 7) is 0. The molecule has 1 aliphatic rings. The molecule has 100 valence electrons.